The summed E-state index contributed by atoms with van der Waals surface area (Å²) >= 11 is 0. The lowest BCUT2D eigenvalue weighted by Crippen LogP contribution is -2.31. The summed E-state index contributed by atoms with van der Waals surface area (Å²) in [7, 11) is 0. The van der Waals surface area contributed by atoms with Crippen LogP contribution in [0.1, 0.15) is 62.5 Å². The third kappa shape index (κ3) is 5.07. The van der Waals surface area contributed by atoms with Gasteiger partial charge in [-0.1, -0.05) is 56.5 Å². The summed E-state index contributed by atoms with van der Waals surface area (Å²) in [5.74, 6) is 1.28. The molecule has 0 spiro atoms. The van der Waals surface area contributed by atoms with Crippen molar-refractivity contribution in [1.29, 1.82) is 0 Å². The summed E-state index contributed by atoms with van der Waals surface area (Å²) in [6.07, 6.45) is 6.82. The number of nitrogens with zero attached hydrogens (tertiary/aromatic N) is 1. The van der Waals surface area contributed by atoms with Gasteiger partial charge in [0.1, 0.15) is 5.82 Å². The van der Waals surface area contributed by atoms with E-state index in [1.165, 1.54) is 48.8 Å². The number of carbonyl (C=O) groups is 1. The maximum absolute atomic E-state index is 12.5. The van der Waals surface area contributed by atoms with Crippen molar-refractivity contribution < 1.29 is 4.79 Å². The molecule has 0 radical (unpaired) electrons. The second-order valence-corrected chi connectivity index (χ2v) is 9.10. The normalized spacial score (nSPS) is 15.7. The average Bonchev–Trinajstić information content (AvgIpc) is 2.78. The van der Waals surface area contributed by atoms with E-state index in [1.54, 1.807) is 0 Å². The van der Waals surface area contributed by atoms with Gasteiger partial charge in [-0.15, -0.1) is 0 Å². The molecule has 1 fully saturated rings. The summed E-state index contributed by atoms with van der Waals surface area (Å²) in [6, 6.07) is 16.8. The van der Waals surface area contributed by atoms with E-state index in [2.05, 4.69) is 66.6 Å². The van der Waals surface area contributed by atoms with E-state index in [-0.39, 0.29) is 11.8 Å². The van der Waals surface area contributed by atoms with E-state index < -0.39 is 0 Å². The van der Waals surface area contributed by atoms with Crippen molar-refractivity contribution in [2.45, 2.75) is 58.3 Å². The Bertz CT molecular complexity index is 1070. The van der Waals surface area contributed by atoms with Crippen molar-refractivity contribution in [3.8, 4) is 11.1 Å². The molecule has 0 saturated heterocycles. The van der Waals surface area contributed by atoms with Crippen LogP contribution >= 0.6 is 0 Å². The zero-order valence-corrected chi connectivity index (χ0v) is 18.7. The number of nitrogen functional groups attached to an aromatic ring is 1. The highest BCUT2D eigenvalue weighted by Gasteiger charge is 2.18. The first-order valence-corrected chi connectivity index (χ1v) is 11.5. The van der Waals surface area contributed by atoms with Crippen LogP contribution in [0.25, 0.3) is 22.0 Å². The number of hydrogen-bond acceptors (Lipinski definition) is 3. The van der Waals surface area contributed by atoms with Crippen LogP contribution in [0.4, 0.5) is 5.82 Å². The predicted molar refractivity (Wildman–Crippen MR) is 129 cm³/mol. The predicted octanol–water partition coefficient (Wildman–Crippen LogP) is 5.98. The highest BCUT2D eigenvalue weighted by molar-refractivity contribution is 5.87. The maximum Gasteiger partial charge on any atom is 0.220 e. The maximum atomic E-state index is 12.5. The summed E-state index contributed by atoms with van der Waals surface area (Å²) in [5.41, 5.74) is 11.7. The van der Waals surface area contributed by atoms with E-state index in [9.17, 15) is 4.79 Å². The van der Waals surface area contributed by atoms with Crippen LogP contribution in [-0.2, 0) is 4.79 Å². The van der Waals surface area contributed by atoms with Gasteiger partial charge >= 0.3 is 0 Å². The zero-order chi connectivity index (χ0) is 21.8. The Morgan fingerprint density at radius 2 is 1.90 bits per heavy atom. The average molecular weight is 416 g/mol. The van der Waals surface area contributed by atoms with Gasteiger partial charge in [0.15, 0.2) is 0 Å². The Morgan fingerprint density at radius 1 is 1.13 bits per heavy atom. The molecule has 162 valence electrons. The molecule has 4 nitrogen and oxygen atoms in total. The molecule has 1 amide bonds. The van der Waals surface area contributed by atoms with Crippen LogP contribution in [0.15, 0.2) is 48.5 Å². The van der Waals surface area contributed by atoms with Crippen LogP contribution in [0.3, 0.4) is 0 Å². The smallest absolute Gasteiger partial charge is 0.220 e. The fourth-order valence-electron chi connectivity index (χ4n) is 4.78. The second-order valence-electron chi connectivity index (χ2n) is 9.10. The third-order valence-corrected chi connectivity index (χ3v) is 6.67. The molecule has 1 aromatic heterocycles. The minimum Gasteiger partial charge on any atom is -0.383 e. The van der Waals surface area contributed by atoms with Gasteiger partial charge < -0.3 is 11.1 Å². The van der Waals surface area contributed by atoms with Crippen LogP contribution in [-0.4, -0.2) is 17.4 Å². The Kier molecular flexibility index (Phi) is 6.55. The number of hydrogen-bond donors (Lipinski definition) is 2. The number of pyridine rings is 1. The molecule has 2 aromatic carbocycles. The van der Waals surface area contributed by atoms with Gasteiger partial charge in [0, 0.05) is 18.4 Å². The SMILES string of the molecule is Cc1ccccc1-c1ccc2nc(N)c(C(C)CC(=O)NCC3CCCCC3)cc2c1. The van der Waals surface area contributed by atoms with E-state index >= 15 is 0 Å². The molecule has 4 heteroatoms. The first kappa shape index (κ1) is 21.4. The monoisotopic (exact) mass is 415 g/mol. The molecular formula is C27H33N3O. The fourth-order valence-corrected chi connectivity index (χ4v) is 4.78. The number of nitrogens with two attached hydrogens (primary N) is 1. The molecule has 1 atom stereocenters. The number of benzene rings is 2. The van der Waals surface area contributed by atoms with Crippen LogP contribution < -0.4 is 11.1 Å². The van der Waals surface area contributed by atoms with E-state index in [4.69, 9.17) is 5.73 Å². The molecule has 1 unspecified atom stereocenters. The molecule has 0 aliphatic heterocycles. The molecule has 4 rings (SSSR count). The molecule has 1 aliphatic carbocycles. The molecule has 31 heavy (non-hydrogen) atoms. The van der Waals surface area contributed by atoms with Gasteiger partial charge in [-0.05, 0) is 72.1 Å². The van der Waals surface area contributed by atoms with Crippen LogP contribution in [0.5, 0.6) is 0 Å². The van der Waals surface area contributed by atoms with Crippen molar-refractivity contribution in [2.24, 2.45) is 5.92 Å². The number of rotatable bonds is 6. The topological polar surface area (TPSA) is 68.0 Å². The number of nitrogens with one attached hydrogen (secondary N) is 1. The van der Waals surface area contributed by atoms with Crippen LogP contribution in [0.2, 0.25) is 0 Å². The molecule has 1 heterocycles. The highest BCUT2D eigenvalue weighted by atomic mass is 16.1. The highest BCUT2D eigenvalue weighted by Crippen LogP contribution is 2.31. The minimum absolute atomic E-state index is 0.0189. The quantitative estimate of drug-likeness (QED) is 0.520. The fraction of sp³-hybridized carbons (Fsp3) is 0.407. The van der Waals surface area contributed by atoms with Crippen LogP contribution in [0, 0.1) is 12.8 Å². The van der Waals surface area contributed by atoms with Crippen molar-refractivity contribution in [3.05, 3.63) is 59.7 Å². The van der Waals surface area contributed by atoms with Gasteiger partial charge in [-0.2, -0.15) is 0 Å². The number of aromatic nitrogens is 1. The second kappa shape index (κ2) is 9.51. The Morgan fingerprint density at radius 3 is 2.68 bits per heavy atom. The largest absolute Gasteiger partial charge is 0.383 e. The summed E-state index contributed by atoms with van der Waals surface area (Å²) < 4.78 is 0. The summed E-state index contributed by atoms with van der Waals surface area (Å²) in [6.45, 7) is 4.99. The Hall–Kier alpha value is -2.88. The minimum atomic E-state index is 0.0189. The van der Waals surface area contributed by atoms with Crippen molar-refractivity contribution in [3.63, 3.8) is 0 Å². The lowest BCUT2D eigenvalue weighted by atomic mass is 9.89. The first-order valence-electron chi connectivity index (χ1n) is 11.5. The molecule has 0 bridgehead atoms. The molecule has 1 aliphatic rings. The zero-order valence-electron chi connectivity index (χ0n) is 18.7. The Labute approximate surface area is 185 Å². The lowest BCUT2D eigenvalue weighted by molar-refractivity contribution is -0.121. The molecule has 3 N–H and O–H groups in total. The number of fused-ring (bicyclic) bond motifs is 1. The third-order valence-electron chi connectivity index (χ3n) is 6.67. The van der Waals surface area contributed by atoms with Gasteiger partial charge in [0.05, 0.1) is 5.52 Å². The van der Waals surface area contributed by atoms with Gasteiger partial charge in [-0.3, -0.25) is 4.79 Å². The first-order chi connectivity index (χ1) is 15.0. The van der Waals surface area contributed by atoms with Gasteiger partial charge in [-0.25, -0.2) is 4.98 Å². The van der Waals surface area contributed by atoms with E-state index in [0.29, 0.717) is 18.2 Å². The van der Waals surface area contributed by atoms with E-state index in [0.717, 1.165) is 23.0 Å². The van der Waals surface area contributed by atoms with Crippen molar-refractivity contribution in [2.75, 3.05) is 12.3 Å². The summed E-state index contributed by atoms with van der Waals surface area (Å²) in [4.78, 5) is 17.2. The lowest BCUT2D eigenvalue weighted by Gasteiger charge is -2.22. The number of aryl methyl sites for hydroxylation is 1. The van der Waals surface area contributed by atoms with Gasteiger partial charge in [0.25, 0.3) is 0 Å². The molecule has 3 aromatic rings. The van der Waals surface area contributed by atoms with Gasteiger partial charge in [0.2, 0.25) is 5.91 Å². The van der Waals surface area contributed by atoms with Crippen molar-refractivity contribution >= 4 is 22.6 Å². The number of carbonyl (C=O) groups excluding carboxylic acids is 1. The standard InChI is InChI=1S/C27H33N3O/c1-18-8-6-7-11-23(18)21-12-13-25-22(15-21)16-24(27(28)30-25)19(2)14-26(31)29-17-20-9-4-3-5-10-20/h6-8,11-13,15-16,19-20H,3-5,9-10,14,17H2,1-2H3,(H2,28,30)(H,29,31). The number of anilines is 1. The van der Waals surface area contributed by atoms with Crippen molar-refractivity contribution in [1.82, 2.24) is 10.3 Å². The summed E-state index contributed by atoms with van der Waals surface area (Å²) in [5, 5.41) is 4.20. The molecule has 1 saturated carbocycles. The molecular weight excluding hydrogens is 382 g/mol. The Balaban J connectivity index is 1.50. The number of amides is 1. The van der Waals surface area contributed by atoms with E-state index in [1.807, 2.05) is 6.07 Å².